The van der Waals surface area contributed by atoms with Crippen molar-refractivity contribution in [3.05, 3.63) is 83.3 Å². The van der Waals surface area contributed by atoms with Gasteiger partial charge in [0.25, 0.3) is 5.91 Å². The molecular weight excluding hydrogens is 468 g/mol. The summed E-state index contributed by atoms with van der Waals surface area (Å²) in [4.78, 5) is 26.7. The third-order valence-electron chi connectivity index (χ3n) is 6.75. The van der Waals surface area contributed by atoms with Crippen molar-refractivity contribution >= 4 is 34.1 Å². The maximum atomic E-state index is 13.1. The summed E-state index contributed by atoms with van der Waals surface area (Å²) in [7, 11) is 1.88. The number of amides is 2. The molecule has 3 N–H and O–H groups in total. The van der Waals surface area contributed by atoms with Gasteiger partial charge in [0.1, 0.15) is 0 Å². The monoisotopic (exact) mass is 498 g/mol. The van der Waals surface area contributed by atoms with E-state index in [2.05, 4.69) is 15.7 Å². The third kappa shape index (κ3) is 5.31. The average molecular weight is 499 g/mol. The Morgan fingerprint density at radius 1 is 1.16 bits per heavy atom. The molecule has 9 nitrogen and oxygen atoms in total. The van der Waals surface area contributed by atoms with Crippen molar-refractivity contribution in [2.24, 2.45) is 7.05 Å². The van der Waals surface area contributed by atoms with E-state index in [1.807, 2.05) is 37.4 Å². The van der Waals surface area contributed by atoms with E-state index in [0.717, 1.165) is 23.0 Å². The lowest BCUT2D eigenvalue weighted by molar-refractivity contribution is -0.126. The van der Waals surface area contributed by atoms with Gasteiger partial charge in [0.2, 0.25) is 5.91 Å². The maximum absolute atomic E-state index is 13.1. The second-order valence-corrected chi connectivity index (χ2v) is 9.33. The van der Waals surface area contributed by atoms with Gasteiger partial charge in [-0.2, -0.15) is 5.10 Å². The van der Waals surface area contributed by atoms with Crippen molar-refractivity contribution in [3.63, 3.8) is 0 Å². The molecule has 1 fully saturated rings. The SMILES string of the molecule is CC(=O)N1C=CC(C(=N)c2cccc(C(=O)Nc3ccc4c(cnn4C)c3)c2)=C(NC2CCOC2)CC1. The zero-order valence-electron chi connectivity index (χ0n) is 21.0. The fraction of sp³-hybridized carbons (Fsp3) is 0.286. The van der Waals surface area contributed by atoms with Crippen LogP contribution in [0.3, 0.4) is 0 Å². The number of benzene rings is 2. The number of carbonyl (C=O) groups is 2. The first-order chi connectivity index (χ1) is 17.9. The van der Waals surface area contributed by atoms with E-state index in [1.165, 1.54) is 6.92 Å². The van der Waals surface area contributed by atoms with Gasteiger partial charge in [-0.1, -0.05) is 12.1 Å². The van der Waals surface area contributed by atoms with Gasteiger partial charge >= 0.3 is 0 Å². The molecule has 0 spiro atoms. The van der Waals surface area contributed by atoms with Crippen molar-refractivity contribution in [1.82, 2.24) is 20.0 Å². The van der Waals surface area contributed by atoms with Crippen LogP contribution in [-0.2, 0) is 16.6 Å². The van der Waals surface area contributed by atoms with Gasteiger partial charge in [-0.25, -0.2) is 0 Å². The van der Waals surface area contributed by atoms with Crippen LogP contribution in [0.15, 0.2) is 72.2 Å². The number of anilines is 1. The Bertz CT molecular complexity index is 1430. The Hall–Kier alpha value is -4.24. The minimum absolute atomic E-state index is 0.0456. The molecule has 1 atom stereocenters. The molecule has 37 heavy (non-hydrogen) atoms. The molecule has 2 amide bonds. The molecule has 2 aliphatic heterocycles. The van der Waals surface area contributed by atoms with Crippen LogP contribution in [0.1, 0.15) is 35.7 Å². The molecule has 1 unspecified atom stereocenters. The number of allylic oxidation sites excluding steroid dienone is 2. The quantitative estimate of drug-likeness (QED) is 0.450. The van der Waals surface area contributed by atoms with E-state index in [-0.39, 0.29) is 23.6 Å². The molecule has 0 aliphatic carbocycles. The molecule has 1 saturated heterocycles. The summed E-state index contributed by atoms with van der Waals surface area (Å²) in [5.74, 6) is -0.303. The molecule has 190 valence electrons. The van der Waals surface area contributed by atoms with E-state index in [1.54, 1.807) is 40.2 Å². The Morgan fingerprint density at radius 2 is 2.00 bits per heavy atom. The lowest BCUT2D eigenvalue weighted by atomic mass is 9.97. The van der Waals surface area contributed by atoms with Crippen LogP contribution in [-0.4, -0.2) is 58.0 Å². The smallest absolute Gasteiger partial charge is 0.255 e. The standard InChI is InChI=1S/C28H30N6O3/c1-18(35)34-11-8-24(25(9-12-34)31-23-10-13-37-17-23)27(29)19-4-3-5-20(14-19)28(36)32-22-6-7-26-21(15-22)16-30-33(26)2/h3-8,11,14-16,23,29,31H,9-10,12-13,17H2,1-2H3,(H,32,36). The molecular formula is C28H30N6O3. The van der Waals surface area contributed by atoms with Gasteiger partial charge in [0.15, 0.2) is 0 Å². The minimum atomic E-state index is -0.257. The molecule has 3 heterocycles. The van der Waals surface area contributed by atoms with Gasteiger partial charge < -0.3 is 20.3 Å². The molecule has 0 bridgehead atoms. The summed E-state index contributed by atoms with van der Waals surface area (Å²) < 4.78 is 7.30. The highest BCUT2D eigenvalue weighted by Gasteiger charge is 2.22. The topological polar surface area (TPSA) is 112 Å². The predicted octanol–water partition coefficient (Wildman–Crippen LogP) is 3.59. The second kappa shape index (κ2) is 10.4. The van der Waals surface area contributed by atoms with E-state index >= 15 is 0 Å². The number of ether oxygens (including phenoxy) is 1. The number of nitrogens with one attached hydrogen (secondary N) is 3. The van der Waals surface area contributed by atoms with Gasteiger partial charge in [0, 0.05) is 73.2 Å². The van der Waals surface area contributed by atoms with Crippen LogP contribution in [0.25, 0.3) is 10.9 Å². The van der Waals surface area contributed by atoms with Gasteiger partial charge in [0.05, 0.1) is 30.1 Å². The Morgan fingerprint density at radius 3 is 2.78 bits per heavy atom. The normalized spacial score (nSPS) is 17.7. The van der Waals surface area contributed by atoms with Crippen LogP contribution >= 0.6 is 0 Å². The molecule has 0 radical (unpaired) electrons. The number of hydrogen-bond donors (Lipinski definition) is 3. The number of rotatable bonds is 6. The summed E-state index contributed by atoms with van der Waals surface area (Å²) in [5, 5.41) is 20.7. The van der Waals surface area contributed by atoms with Crippen molar-refractivity contribution in [2.75, 3.05) is 25.1 Å². The van der Waals surface area contributed by atoms with E-state index < -0.39 is 0 Å². The number of carbonyl (C=O) groups excluding carboxylic acids is 2. The third-order valence-corrected chi connectivity index (χ3v) is 6.75. The van der Waals surface area contributed by atoms with Crippen molar-refractivity contribution in [2.45, 2.75) is 25.8 Å². The molecule has 0 saturated carbocycles. The first-order valence-corrected chi connectivity index (χ1v) is 12.3. The first-order valence-electron chi connectivity index (χ1n) is 12.3. The lowest BCUT2D eigenvalue weighted by Crippen LogP contribution is -2.32. The van der Waals surface area contributed by atoms with Gasteiger partial charge in [-0.15, -0.1) is 0 Å². The average Bonchev–Trinajstić information content (AvgIpc) is 3.48. The van der Waals surface area contributed by atoms with Gasteiger partial charge in [-0.05, 0) is 42.8 Å². The van der Waals surface area contributed by atoms with E-state index in [0.29, 0.717) is 48.6 Å². The fourth-order valence-electron chi connectivity index (χ4n) is 4.66. The first kappa shape index (κ1) is 24.5. The van der Waals surface area contributed by atoms with Crippen molar-refractivity contribution < 1.29 is 14.3 Å². The summed E-state index contributed by atoms with van der Waals surface area (Å²) in [6, 6.07) is 12.9. The summed E-state index contributed by atoms with van der Waals surface area (Å²) in [6.07, 6.45) is 6.79. The van der Waals surface area contributed by atoms with Crippen molar-refractivity contribution in [1.29, 1.82) is 5.41 Å². The molecule has 5 rings (SSSR count). The number of nitrogens with zero attached hydrogens (tertiary/aromatic N) is 3. The summed E-state index contributed by atoms with van der Waals surface area (Å²) in [6.45, 7) is 3.39. The minimum Gasteiger partial charge on any atom is -0.383 e. The molecule has 2 aromatic carbocycles. The second-order valence-electron chi connectivity index (χ2n) is 9.33. The number of fused-ring (bicyclic) bond motifs is 1. The summed E-state index contributed by atoms with van der Waals surface area (Å²) >= 11 is 0. The Balaban J connectivity index is 1.39. The fourth-order valence-corrected chi connectivity index (χ4v) is 4.66. The highest BCUT2D eigenvalue weighted by Crippen LogP contribution is 2.23. The van der Waals surface area contributed by atoms with Crippen molar-refractivity contribution in [3.8, 4) is 0 Å². The lowest BCUT2D eigenvalue weighted by Gasteiger charge is -2.20. The number of aromatic nitrogens is 2. The number of aryl methyl sites for hydroxylation is 1. The van der Waals surface area contributed by atoms with Crippen LogP contribution in [0.4, 0.5) is 5.69 Å². The predicted molar refractivity (Wildman–Crippen MR) is 142 cm³/mol. The van der Waals surface area contributed by atoms with Gasteiger partial charge in [-0.3, -0.25) is 19.7 Å². The van der Waals surface area contributed by atoms with Crippen LogP contribution in [0, 0.1) is 5.41 Å². The highest BCUT2D eigenvalue weighted by atomic mass is 16.5. The Labute approximate surface area is 215 Å². The zero-order chi connectivity index (χ0) is 25.9. The van der Waals surface area contributed by atoms with Crippen LogP contribution in [0.5, 0.6) is 0 Å². The largest absolute Gasteiger partial charge is 0.383 e. The molecule has 9 heteroatoms. The van der Waals surface area contributed by atoms with E-state index in [4.69, 9.17) is 10.1 Å². The number of hydrogen-bond acceptors (Lipinski definition) is 6. The van der Waals surface area contributed by atoms with Crippen LogP contribution in [0.2, 0.25) is 0 Å². The Kier molecular flexibility index (Phi) is 6.87. The zero-order valence-corrected chi connectivity index (χ0v) is 21.0. The van der Waals surface area contributed by atoms with Crippen LogP contribution < -0.4 is 10.6 Å². The highest BCUT2D eigenvalue weighted by molar-refractivity contribution is 6.14. The maximum Gasteiger partial charge on any atom is 0.255 e. The van der Waals surface area contributed by atoms with E-state index in [9.17, 15) is 9.59 Å². The molecule has 2 aliphatic rings. The summed E-state index contributed by atoms with van der Waals surface area (Å²) in [5.41, 5.74) is 4.62. The molecule has 3 aromatic rings. The molecule has 1 aromatic heterocycles.